The molecule has 2 unspecified atom stereocenters. The van der Waals surface area contributed by atoms with Gasteiger partial charge in [-0.25, -0.2) is 0 Å². The Morgan fingerprint density at radius 1 is 1.44 bits per heavy atom. The first-order valence-electron chi connectivity index (χ1n) is 6.39. The molecule has 0 radical (unpaired) electrons. The van der Waals surface area contributed by atoms with Crippen LogP contribution in [-0.2, 0) is 4.79 Å². The number of carbonyl (C=O) groups excluding carboxylic acids is 1. The van der Waals surface area contributed by atoms with E-state index < -0.39 is 6.10 Å². The van der Waals surface area contributed by atoms with E-state index in [-0.39, 0.29) is 11.9 Å². The Balaban J connectivity index is 2.07. The molecule has 0 saturated carbocycles. The SMILES string of the molecule is CC(C)c1ccccc1NC(=O)C1CC(O)CN1. The van der Waals surface area contributed by atoms with Gasteiger partial charge in [-0.3, -0.25) is 4.79 Å². The van der Waals surface area contributed by atoms with Crippen LogP contribution in [0, 0.1) is 0 Å². The van der Waals surface area contributed by atoms with Crippen LogP contribution in [0.2, 0.25) is 0 Å². The molecule has 18 heavy (non-hydrogen) atoms. The number of aliphatic hydroxyl groups excluding tert-OH is 1. The fourth-order valence-corrected chi connectivity index (χ4v) is 2.25. The van der Waals surface area contributed by atoms with Gasteiger partial charge in [0.15, 0.2) is 0 Å². The van der Waals surface area contributed by atoms with Crippen molar-refractivity contribution < 1.29 is 9.90 Å². The van der Waals surface area contributed by atoms with Gasteiger partial charge in [0.2, 0.25) is 5.91 Å². The molecule has 1 heterocycles. The highest BCUT2D eigenvalue weighted by Crippen LogP contribution is 2.24. The molecule has 2 rings (SSSR count). The normalized spacial score (nSPS) is 23.3. The van der Waals surface area contributed by atoms with Gasteiger partial charge in [-0.15, -0.1) is 0 Å². The van der Waals surface area contributed by atoms with E-state index in [9.17, 15) is 9.90 Å². The van der Waals surface area contributed by atoms with Crippen LogP contribution in [0.15, 0.2) is 24.3 Å². The van der Waals surface area contributed by atoms with Crippen molar-refractivity contribution in [2.24, 2.45) is 0 Å². The smallest absolute Gasteiger partial charge is 0.241 e. The van der Waals surface area contributed by atoms with Gasteiger partial charge in [-0.2, -0.15) is 0 Å². The Bertz CT molecular complexity index is 432. The monoisotopic (exact) mass is 248 g/mol. The summed E-state index contributed by atoms with van der Waals surface area (Å²) in [5.41, 5.74) is 1.99. The molecule has 1 fully saturated rings. The summed E-state index contributed by atoms with van der Waals surface area (Å²) in [6.45, 7) is 4.69. The van der Waals surface area contributed by atoms with E-state index in [1.54, 1.807) is 0 Å². The molecule has 98 valence electrons. The van der Waals surface area contributed by atoms with Gasteiger partial charge in [-0.05, 0) is 24.0 Å². The molecule has 1 amide bonds. The molecular formula is C14H20N2O2. The summed E-state index contributed by atoms with van der Waals surface area (Å²) < 4.78 is 0. The van der Waals surface area contributed by atoms with Crippen molar-refractivity contribution in [3.8, 4) is 0 Å². The lowest BCUT2D eigenvalue weighted by molar-refractivity contribution is -0.117. The van der Waals surface area contributed by atoms with Crippen LogP contribution in [0.25, 0.3) is 0 Å². The Labute approximate surface area is 107 Å². The number of aliphatic hydroxyl groups is 1. The highest BCUT2D eigenvalue weighted by Gasteiger charge is 2.28. The van der Waals surface area contributed by atoms with E-state index in [0.29, 0.717) is 18.9 Å². The maximum Gasteiger partial charge on any atom is 0.241 e. The maximum absolute atomic E-state index is 12.1. The minimum absolute atomic E-state index is 0.0698. The summed E-state index contributed by atoms with van der Waals surface area (Å²) in [4.78, 5) is 12.1. The van der Waals surface area contributed by atoms with Gasteiger partial charge < -0.3 is 15.7 Å². The van der Waals surface area contributed by atoms with Crippen molar-refractivity contribution in [1.29, 1.82) is 0 Å². The van der Waals surface area contributed by atoms with Gasteiger partial charge in [0.1, 0.15) is 0 Å². The van der Waals surface area contributed by atoms with E-state index in [4.69, 9.17) is 0 Å². The second-order valence-electron chi connectivity index (χ2n) is 5.08. The van der Waals surface area contributed by atoms with Crippen LogP contribution in [0.1, 0.15) is 31.7 Å². The van der Waals surface area contributed by atoms with Crippen molar-refractivity contribution >= 4 is 11.6 Å². The first-order valence-corrected chi connectivity index (χ1v) is 6.39. The molecule has 1 aliphatic heterocycles. The molecule has 0 spiro atoms. The molecule has 4 nitrogen and oxygen atoms in total. The standard InChI is InChI=1S/C14H20N2O2/c1-9(2)11-5-3-4-6-12(11)16-14(18)13-7-10(17)8-15-13/h3-6,9-10,13,15,17H,7-8H2,1-2H3,(H,16,18). The van der Waals surface area contributed by atoms with E-state index in [2.05, 4.69) is 24.5 Å². The second kappa shape index (κ2) is 5.50. The topological polar surface area (TPSA) is 61.4 Å². The Kier molecular flexibility index (Phi) is 3.99. The van der Waals surface area contributed by atoms with Gasteiger partial charge in [0, 0.05) is 12.2 Å². The van der Waals surface area contributed by atoms with E-state index >= 15 is 0 Å². The quantitative estimate of drug-likeness (QED) is 0.759. The third-order valence-electron chi connectivity index (χ3n) is 3.26. The Hall–Kier alpha value is -1.39. The van der Waals surface area contributed by atoms with Gasteiger partial charge >= 0.3 is 0 Å². The highest BCUT2D eigenvalue weighted by molar-refractivity contribution is 5.95. The van der Waals surface area contributed by atoms with Crippen LogP contribution in [0.4, 0.5) is 5.69 Å². The first kappa shape index (κ1) is 13.1. The number of hydrogen-bond acceptors (Lipinski definition) is 3. The van der Waals surface area contributed by atoms with Crippen molar-refractivity contribution in [2.45, 2.75) is 38.3 Å². The molecule has 0 bridgehead atoms. The number of nitrogens with one attached hydrogen (secondary N) is 2. The number of β-amino-alcohol motifs (C(OH)–C–C–N with tert-alkyl or cyclic N) is 1. The minimum Gasteiger partial charge on any atom is -0.392 e. The third-order valence-corrected chi connectivity index (χ3v) is 3.26. The van der Waals surface area contributed by atoms with E-state index in [1.807, 2.05) is 24.3 Å². The van der Waals surface area contributed by atoms with Crippen LogP contribution in [0.5, 0.6) is 0 Å². The minimum atomic E-state index is -0.416. The summed E-state index contributed by atoms with van der Waals surface area (Å²) in [7, 11) is 0. The molecule has 1 saturated heterocycles. The molecule has 1 aliphatic rings. The zero-order chi connectivity index (χ0) is 13.1. The summed E-state index contributed by atoms with van der Waals surface area (Å²) in [5, 5.41) is 15.4. The van der Waals surface area contributed by atoms with Crippen molar-refractivity contribution in [3.63, 3.8) is 0 Å². The summed E-state index contributed by atoms with van der Waals surface area (Å²) in [5.74, 6) is 0.295. The molecule has 1 aromatic carbocycles. The predicted octanol–water partition coefficient (Wildman–Crippen LogP) is 1.47. The lowest BCUT2D eigenvalue weighted by Crippen LogP contribution is -2.35. The largest absolute Gasteiger partial charge is 0.392 e. The maximum atomic E-state index is 12.1. The van der Waals surface area contributed by atoms with Crippen LogP contribution < -0.4 is 10.6 Å². The average Bonchev–Trinajstić information content (AvgIpc) is 2.76. The van der Waals surface area contributed by atoms with Crippen molar-refractivity contribution in [2.75, 3.05) is 11.9 Å². The fourth-order valence-electron chi connectivity index (χ4n) is 2.25. The number of hydrogen-bond donors (Lipinski definition) is 3. The van der Waals surface area contributed by atoms with E-state index in [1.165, 1.54) is 0 Å². The number of amides is 1. The Morgan fingerprint density at radius 2 is 2.17 bits per heavy atom. The number of para-hydroxylation sites is 1. The predicted molar refractivity (Wildman–Crippen MR) is 71.6 cm³/mol. The van der Waals surface area contributed by atoms with Crippen molar-refractivity contribution in [3.05, 3.63) is 29.8 Å². The lowest BCUT2D eigenvalue weighted by atomic mass is 10.0. The summed E-state index contributed by atoms with van der Waals surface area (Å²) in [6.07, 6.45) is 0.0662. The molecule has 2 atom stereocenters. The van der Waals surface area contributed by atoms with Crippen LogP contribution >= 0.6 is 0 Å². The van der Waals surface area contributed by atoms with Crippen LogP contribution in [0.3, 0.4) is 0 Å². The zero-order valence-corrected chi connectivity index (χ0v) is 10.8. The number of carbonyl (C=O) groups is 1. The van der Waals surface area contributed by atoms with E-state index in [0.717, 1.165) is 11.3 Å². The molecule has 1 aromatic rings. The number of anilines is 1. The molecule has 3 N–H and O–H groups in total. The number of benzene rings is 1. The molecule has 0 aliphatic carbocycles. The summed E-state index contributed by atoms with van der Waals surface area (Å²) in [6, 6.07) is 7.54. The van der Waals surface area contributed by atoms with Gasteiger partial charge in [-0.1, -0.05) is 32.0 Å². The average molecular weight is 248 g/mol. The van der Waals surface area contributed by atoms with Gasteiger partial charge in [0.25, 0.3) is 0 Å². The zero-order valence-electron chi connectivity index (χ0n) is 10.8. The van der Waals surface area contributed by atoms with Crippen molar-refractivity contribution in [1.82, 2.24) is 5.32 Å². The highest BCUT2D eigenvalue weighted by atomic mass is 16.3. The molecule has 4 heteroatoms. The number of rotatable bonds is 3. The lowest BCUT2D eigenvalue weighted by Gasteiger charge is -2.16. The van der Waals surface area contributed by atoms with Crippen LogP contribution in [-0.4, -0.2) is 29.7 Å². The fraction of sp³-hybridized carbons (Fsp3) is 0.500. The second-order valence-corrected chi connectivity index (χ2v) is 5.08. The molecule has 0 aromatic heterocycles. The third kappa shape index (κ3) is 2.89. The Morgan fingerprint density at radius 3 is 2.78 bits per heavy atom. The first-order chi connectivity index (χ1) is 8.58. The molecular weight excluding hydrogens is 228 g/mol. The summed E-state index contributed by atoms with van der Waals surface area (Å²) >= 11 is 0. The van der Waals surface area contributed by atoms with Gasteiger partial charge in [0.05, 0.1) is 12.1 Å².